The summed E-state index contributed by atoms with van der Waals surface area (Å²) in [6, 6.07) is 0. The minimum atomic E-state index is -0.688. The van der Waals surface area contributed by atoms with Crippen molar-refractivity contribution in [2.45, 2.75) is 19.3 Å². The van der Waals surface area contributed by atoms with Crippen LogP contribution >= 0.6 is 0 Å². The monoisotopic (exact) mass is 141 g/mol. The summed E-state index contributed by atoms with van der Waals surface area (Å²) >= 11 is 0. The van der Waals surface area contributed by atoms with Gasteiger partial charge >= 0.3 is 5.97 Å². The molecule has 0 radical (unpaired) electrons. The molecule has 0 saturated heterocycles. The molecule has 2 aliphatic rings. The first-order chi connectivity index (χ1) is 4.67. The minimum absolute atomic E-state index is 0.160. The molecule has 3 heteroatoms. The fourth-order valence-corrected chi connectivity index (χ4v) is 2.02. The lowest BCUT2D eigenvalue weighted by molar-refractivity contribution is -0.143. The molecule has 2 saturated carbocycles. The Labute approximate surface area is 59.2 Å². The van der Waals surface area contributed by atoms with Crippen LogP contribution in [0, 0.1) is 10.8 Å². The molecule has 0 heterocycles. The third-order valence-corrected chi connectivity index (χ3v) is 3.14. The Morgan fingerprint density at radius 3 is 2.30 bits per heavy atom. The van der Waals surface area contributed by atoms with Gasteiger partial charge in [0, 0.05) is 6.54 Å². The van der Waals surface area contributed by atoms with Crippen molar-refractivity contribution >= 4 is 5.97 Å². The molecular formula is C7H11NO2. The van der Waals surface area contributed by atoms with Crippen LogP contribution in [0.3, 0.4) is 0 Å². The van der Waals surface area contributed by atoms with Gasteiger partial charge in [-0.05, 0) is 24.7 Å². The van der Waals surface area contributed by atoms with Crippen molar-refractivity contribution in [1.82, 2.24) is 0 Å². The second-order valence-electron chi connectivity index (χ2n) is 3.55. The van der Waals surface area contributed by atoms with E-state index < -0.39 is 11.4 Å². The lowest BCUT2D eigenvalue weighted by atomic mass is 10.0. The molecule has 1 spiro atoms. The lowest BCUT2D eigenvalue weighted by Gasteiger charge is -2.06. The number of hydrogen-bond acceptors (Lipinski definition) is 2. The Kier molecular flexibility index (Phi) is 0.844. The van der Waals surface area contributed by atoms with Crippen molar-refractivity contribution in [3.05, 3.63) is 0 Å². The molecule has 0 aromatic heterocycles. The van der Waals surface area contributed by atoms with Crippen LogP contribution in [0.2, 0.25) is 0 Å². The second-order valence-corrected chi connectivity index (χ2v) is 3.55. The number of carbonyl (C=O) groups is 1. The van der Waals surface area contributed by atoms with Crippen LogP contribution in [0.25, 0.3) is 0 Å². The Hall–Kier alpha value is -0.570. The van der Waals surface area contributed by atoms with E-state index in [1.54, 1.807) is 0 Å². The summed E-state index contributed by atoms with van der Waals surface area (Å²) in [5, 5.41) is 8.80. The third-order valence-electron chi connectivity index (χ3n) is 3.14. The summed E-state index contributed by atoms with van der Waals surface area (Å²) in [6.07, 6.45) is 2.98. The molecular weight excluding hydrogens is 130 g/mol. The van der Waals surface area contributed by atoms with E-state index >= 15 is 0 Å². The predicted octanol–water partition coefficient (Wildman–Crippen LogP) is 0.200. The zero-order valence-corrected chi connectivity index (χ0v) is 5.76. The van der Waals surface area contributed by atoms with Crippen LogP contribution in [0.1, 0.15) is 19.3 Å². The van der Waals surface area contributed by atoms with E-state index in [2.05, 4.69) is 0 Å². The first-order valence-electron chi connectivity index (χ1n) is 3.60. The molecule has 3 nitrogen and oxygen atoms in total. The number of hydrogen-bond donors (Lipinski definition) is 2. The van der Waals surface area contributed by atoms with Crippen molar-refractivity contribution in [3.63, 3.8) is 0 Å². The van der Waals surface area contributed by atoms with Gasteiger partial charge < -0.3 is 10.8 Å². The highest BCUT2D eigenvalue weighted by molar-refractivity contribution is 5.81. The van der Waals surface area contributed by atoms with Gasteiger partial charge in [0.2, 0.25) is 0 Å². The van der Waals surface area contributed by atoms with Crippen LogP contribution in [0.15, 0.2) is 0 Å². The van der Waals surface area contributed by atoms with Crippen molar-refractivity contribution in [2.75, 3.05) is 6.54 Å². The summed E-state index contributed by atoms with van der Waals surface area (Å²) in [5.41, 5.74) is 5.06. The average Bonchev–Trinajstić information content (AvgIpc) is 2.74. The van der Waals surface area contributed by atoms with Crippen LogP contribution < -0.4 is 5.73 Å². The number of rotatable bonds is 2. The molecule has 2 fully saturated rings. The van der Waals surface area contributed by atoms with E-state index in [1.165, 1.54) is 0 Å². The minimum Gasteiger partial charge on any atom is -0.481 e. The summed E-state index contributed by atoms with van der Waals surface area (Å²) in [7, 11) is 0. The van der Waals surface area contributed by atoms with E-state index in [0.29, 0.717) is 6.54 Å². The largest absolute Gasteiger partial charge is 0.481 e. The zero-order chi connectivity index (χ0) is 7.41. The van der Waals surface area contributed by atoms with Gasteiger partial charge in [-0.25, -0.2) is 0 Å². The molecule has 10 heavy (non-hydrogen) atoms. The van der Waals surface area contributed by atoms with Crippen molar-refractivity contribution in [2.24, 2.45) is 16.6 Å². The maximum Gasteiger partial charge on any atom is 0.311 e. The zero-order valence-electron chi connectivity index (χ0n) is 5.76. The Bertz CT molecular complexity index is 198. The summed E-state index contributed by atoms with van der Waals surface area (Å²) in [5.74, 6) is -0.688. The maximum absolute atomic E-state index is 10.7. The van der Waals surface area contributed by atoms with Gasteiger partial charge in [-0.2, -0.15) is 0 Å². The quantitative estimate of drug-likeness (QED) is 0.577. The standard InChI is InChI=1S/C7H11NO2/c8-4-7(5(9)10)3-6(7)1-2-6/h1-4,8H2,(H,9,10). The fraction of sp³-hybridized carbons (Fsp3) is 0.857. The Morgan fingerprint density at radius 2 is 2.20 bits per heavy atom. The van der Waals surface area contributed by atoms with E-state index in [9.17, 15) is 4.79 Å². The van der Waals surface area contributed by atoms with Gasteiger partial charge in [-0.3, -0.25) is 4.79 Å². The van der Waals surface area contributed by atoms with Gasteiger partial charge in [0.1, 0.15) is 0 Å². The number of carboxylic acid groups (broad SMARTS) is 1. The normalized spacial score (nSPS) is 39.7. The second kappa shape index (κ2) is 1.37. The van der Waals surface area contributed by atoms with Gasteiger partial charge in [-0.15, -0.1) is 0 Å². The Balaban J connectivity index is 2.20. The van der Waals surface area contributed by atoms with E-state index in [0.717, 1.165) is 19.3 Å². The van der Waals surface area contributed by atoms with Crippen LogP contribution in [-0.4, -0.2) is 17.6 Å². The topological polar surface area (TPSA) is 63.3 Å². The predicted molar refractivity (Wildman–Crippen MR) is 35.4 cm³/mol. The van der Waals surface area contributed by atoms with Crippen molar-refractivity contribution < 1.29 is 9.90 Å². The molecule has 2 rings (SSSR count). The SMILES string of the molecule is NCC1(C(=O)O)CC12CC2. The van der Waals surface area contributed by atoms with Gasteiger partial charge in [0.25, 0.3) is 0 Å². The number of nitrogens with two attached hydrogens (primary N) is 1. The number of carboxylic acids is 1. The average molecular weight is 141 g/mol. The van der Waals surface area contributed by atoms with E-state index in [1.807, 2.05) is 0 Å². The first kappa shape index (κ1) is 6.16. The van der Waals surface area contributed by atoms with Crippen molar-refractivity contribution in [3.8, 4) is 0 Å². The lowest BCUT2D eigenvalue weighted by Crippen LogP contribution is -2.27. The molecule has 56 valence electrons. The Morgan fingerprint density at radius 1 is 1.60 bits per heavy atom. The summed E-state index contributed by atoms with van der Waals surface area (Å²) < 4.78 is 0. The highest BCUT2D eigenvalue weighted by atomic mass is 16.4. The molecule has 2 aliphatic carbocycles. The van der Waals surface area contributed by atoms with Gasteiger partial charge in [0.05, 0.1) is 5.41 Å². The molecule has 1 unspecified atom stereocenters. The summed E-state index contributed by atoms with van der Waals surface area (Å²) in [4.78, 5) is 10.7. The fourth-order valence-electron chi connectivity index (χ4n) is 2.02. The highest BCUT2D eigenvalue weighted by Crippen LogP contribution is 2.78. The number of aliphatic carboxylic acids is 1. The molecule has 0 aromatic carbocycles. The molecule has 0 amide bonds. The summed E-state index contributed by atoms with van der Waals surface area (Å²) in [6.45, 7) is 0.322. The molecule has 0 aliphatic heterocycles. The van der Waals surface area contributed by atoms with Gasteiger partial charge in [0.15, 0.2) is 0 Å². The smallest absolute Gasteiger partial charge is 0.311 e. The van der Waals surface area contributed by atoms with Crippen LogP contribution in [-0.2, 0) is 4.79 Å². The molecule has 0 aromatic rings. The van der Waals surface area contributed by atoms with Crippen LogP contribution in [0.4, 0.5) is 0 Å². The van der Waals surface area contributed by atoms with Gasteiger partial charge in [-0.1, -0.05) is 0 Å². The van der Waals surface area contributed by atoms with E-state index in [4.69, 9.17) is 10.8 Å². The maximum atomic E-state index is 10.7. The van der Waals surface area contributed by atoms with Crippen LogP contribution in [0.5, 0.6) is 0 Å². The highest BCUT2D eigenvalue weighted by Gasteiger charge is 2.77. The third kappa shape index (κ3) is 0.440. The molecule has 1 atom stereocenters. The molecule has 0 bridgehead atoms. The van der Waals surface area contributed by atoms with E-state index in [-0.39, 0.29) is 5.41 Å². The van der Waals surface area contributed by atoms with Crippen molar-refractivity contribution in [1.29, 1.82) is 0 Å². The molecule has 3 N–H and O–H groups in total. The first-order valence-corrected chi connectivity index (χ1v) is 3.60.